The van der Waals surface area contributed by atoms with Gasteiger partial charge in [0.05, 0.1) is 31.3 Å². The first-order valence-corrected chi connectivity index (χ1v) is 8.95. The Morgan fingerprint density at radius 2 is 2.12 bits per heavy atom. The van der Waals surface area contributed by atoms with Crippen LogP contribution in [0.2, 0.25) is 0 Å². The van der Waals surface area contributed by atoms with Crippen LogP contribution >= 0.6 is 15.9 Å². The van der Waals surface area contributed by atoms with Crippen LogP contribution in [0.3, 0.4) is 0 Å². The van der Waals surface area contributed by atoms with Gasteiger partial charge in [-0.15, -0.1) is 0 Å². The quantitative estimate of drug-likeness (QED) is 0.590. The fraction of sp³-hybridized carbons (Fsp3) is 0.353. The van der Waals surface area contributed by atoms with Crippen LogP contribution in [0.1, 0.15) is 5.56 Å². The van der Waals surface area contributed by atoms with Crippen molar-refractivity contribution in [2.24, 2.45) is 5.10 Å². The molecule has 1 fully saturated rings. The highest BCUT2D eigenvalue weighted by Crippen LogP contribution is 2.25. The van der Waals surface area contributed by atoms with Crippen LogP contribution in [0.15, 0.2) is 34.0 Å². The minimum Gasteiger partial charge on any atom is -0.378 e. The van der Waals surface area contributed by atoms with E-state index in [4.69, 9.17) is 4.74 Å². The average molecular weight is 423 g/mol. The van der Waals surface area contributed by atoms with Crippen molar-refractivity contribution >= 4 is 39.6 Å². The largest absolute Gasteiger partial charge is 0.378 e. The van der Waals surface area contributed by atoms with Crippen molar-refractivity contribution in [1.29, 1.82) is 0 Å². The van der Waals surface area contributed by atoms with Crippen LogP contribution in [0, 0.1) is 5.82 Å². The molecular weight excluding hydrogens is 403 g/mol. The molecule has 0 spiro atoms. The lowest BCUT2D eigenvalue weighted by Gasteiger charge is -2.27. The summed E-state index contributed by atoms with van der Waals surface area (Å²) in [5.41, 5.74) is 4.74. The van der Waals surface area contributed by atoms with Gasteiger partial charge in [0.25, 0.3) is 0 Å². The Labute approximate surface area is 160 Å². The summed E-state index contributed by atoms with van der Waals surface area (Å²) in [6.07, 6.45) is 2.81. The summed E-state index contributed by atoms with van der Waals surface area (Å²) in [6, 6.07) is 5.91. The molecule has 1 saturated heterocycles. The van der Waals surface area contributed by atoms with E-state index in [9.17, 15) is 4.39 Å². The molecule has 2 aromatic rings. The second kappa shape index (κ2) is 8.41. The Balaban J connectivity index is 1.69. The van der Waals surface area contributed by atoms with Crippen molar-refractivity contribution in [3.05, 3.63) is 40.2 Å². The van der Waals surface area contributed by atoms with Crippen molar-refractivity contribution in [2.45, 2.75) is 0 Å². The predicted octanol–water partition coefficient (Wildman–Crippen LogP) is 2.73. The molecule has 1 aliphatic heterocycles. The minimum absolute atomic E-state index is 0.244. The van der Waals surface area contributed by atoms with Gasteiger partial charge in [0.1, 0.15) is 0 Å². The normalized spacial score (nSPS) is 14.7. The molecule has 1 N–H and O–H groups in total. The lowest BCUT2D eigenvalue weighted by molar-refractivity contribution is 0.122. The number of nitrogens with zero attached hydrogens (tertiary/aromatic N) is 5. The molecule has 0 aliphatic carbocycles. The van der Waals surface area contributed by atoms with Crippen LogP contribution in [0.25, 0.3) is 0 Å². The maximum atomic E-state index is 14.0. The monoisotopic (exact) mass is 422 g/mol. The number of hydrogen-bond acceptors (Lipinski definition) is 7. The third-order valence-corrected chi connectivity index (χ3v) is 4.50. The predicted molar refractivity (Wildman–Crippen MR) is 105 cm³/mol. The van der Waals surface area contributed by atoms with Gasteiger partial charge in [-0.25, -0.2) is 14.8 Å². The van der Waals surface area contributed by atoms with Crippen molar-refractivity contribution in [1.82, 2.24) is 9.97 Å². The van der Waals surface area contributed by atoms with Crippen molar-refractivity contribution in [3.8, 4) is 0 Å². The molecule has 1 aromatic heterocycles. The number of aromatic nitrogens is 2. The first-order valence-electron chi connectivity index (χ1n) is 8.16. The number of ether oxygens (including phenoxy) is 1. The summed E-state index contributed by atoms with van der Waals surface area (Å²) in [6.45, 7) is 2.32. The molecule has 2 heterocycles. The highest BCUT2D eigenvalue weighted by molar-refractivity contribution is 9.10. The zero-order chi connectivity index (χ0) is 18.5. The van der Waals surface area contributed by atoms with E-state index in [1.165, 1.54) is 0 Å². The number of benzene rings is 1. The highest BCUT2D eigenvalue weighted by Gasteiger charge is 2.17. The number of hydrazone groups is 1. The van der Waals surface area contributed by atoms with Crippen molar-refractivity contribution < 1.29 is 9.13 Å². The lowest BCUT2D eigenvalue weighted by Crippen LogP contribution is -2.37. The van der Waals surface area contributed by atoms with Crippen LogP contribution < -0.4 is 15.2 Å². The molecule has 138 valence electrons. The van der Waals surface area contributed by atoms with Crippen LogP contribution in [-0.4, -0.2) is 56.6 Å². The standard InChI is InChI=1S/C17H20BrFN6O/c1-24(2)15-4-3-12(9-13(15)18)10-21-23-17-20-11-14(19)16(22-17)25-5-7-26-8-6-25/h3-4,9-11H,5-8H2,1-2H3,(H,20,22,23). The van der Waals surface area contributed by atoms with E-state index in [-0.39, 0.29) is 11.8 Å². The van der Waals surface area contributed by atoms with Gasteiger partial charge in [0.15, 0.2) is 11.6 Å². The molecule has 0 amide bonds. The van der Waals surface area contributed by atoms with Gasteiger partial charge >= 0.3 is 0 Å². The van der Waals surface area contributed by atoms with E-state index >= 15 is 0 Å². The zero-order valence-corrected chi connectivity index (χ0v) is 16.2. The van der Waals surface area contributed by atoms with E-state index < -0.39 is 5.82 Å². The first kappa shape index (κ1) is 18.5. The number of hydrogen-bond donors (Lipinski definition) is 1. The molecule has 1 aliphatic rings. The van der Waals surface area contributed by atoms with Crippen molar-refractivity contribution in [3.63, 3.8) is 0 Å². The van der Waals surface area contributed by atoms with Gasteiger partial charge in [-0.3, -0.25) is 0 Å². The highest BCUT2D eigenvalue weighted by atomic mass is 79.9. The number of nitrogens with one attached hydrogen (secondary N) is 1. The Morgan fingerprint density at radius 1 is 1.35 bits per heavy atom. The van der Waals surface area contributed by atoms with Gasteiger partial charge < -0.3 is 14.5 Å². The molecule has 1 aromatic carbocycles. The van der Waals surface area contributed by atoms with Gasteiger partial charge in [0.2, 0.25) is 5.95 Å². The fourth-order valence-corrected chi connectivity index (χ4v) is 3.29. The summed E-state index contributed by atoms with van der Waals surface area (Å²) in [5, 5.41) is 4.14. The molecule has 26 heavy (non-hydrogen) atoms. The summed E-state index contributed by atoms with van der Waals surface area (Å²) in [5.74, 6) is 0.0526. The number of anilines is 3. The molecule has 0 atom stereocenters. The molecule has 0 unspecified atom stereocenters. The van der Waals surface area contributed by atoms with E-state index in [1.54, 1.807) is 6.21 Å². The molecule has 0 bridgehead atoms. The maximum absolute atomic E-state index is 14.0. The topological polar surface area (TPSA) is 65.9 Å². The van der Waals surface area contributed by atoms with E-state index in [0.717, 1.165) is 21.9 Å². The summed E-state index contributed by atoms with van der Waals surface area (Å²) in [7, 11) is 3.96. The summed E-state index contributed by atoms with van der Waals surface area (Å²) < 4.78 is 20.3. The van der Waals surface area contributed by atoms with Gasteiger partial charge in [-0.05, 0) is 33.6 Å². The fourth-order valence-electron chi connectivity index (χ4n) is 2.54. The average Bonchev–Trinajstić information content (AvgIpc) is 2.63. The Bertz CT molecular complexity index is 795. The van der Waals surface area contributed by atoms with Crippen LogP contribution in [0.4, 0.5) is 21.8 Å². The van der Waals surface area contributed by atoms with Gasteiger partial charge in [-0.1, -0.05) is 6.07 Å². The third-order valence-electron chi connectivity index (χ3n) is 3.87. The second-order valence-electron chi connectivity index (χ2n) is 5.94. The SMILES string of the molecule is CN(C)c1ccc(C=NNc2ncc(F)c(N3CCOCC3)n2)cc1Br. The zero-order valence-electron chi connectivity index (χ0n) is 14.6. The first-order chi connectivity index (χ1) is 12.5. The smallest absolute Gasteiger partial charge is 0.245 e. The molecular formula is C17H20BrFN6O. The Hall–Kier alpha value is -2.26. The third kappa shape index (κ3) is 4.47. The number of rotatable bonds is 5. The van der Waals surface area contributed by atoms with Crippen LogP contribution in [0.5, 0.6) is 0 Å². The molecule has 9 heteroatoms. The minimum atomic E-state index is -0.454. The maximum Gasteiger partial charge on any atom is 0.245 e. The van der Waals surface area contributed by atoms with Gasteiger partial charge in [-0.2, -0.15) is 10.1 Å². The second-order valence-corrected chi connectivity index (χ2v) is 6.79. The molecule has 0 saturated carbocycles. The number of halogens is 2. The molecule has 0 radical (unpaired) electrons. The number of morpholine rings is 1. The van der Waals surface area contributed by atoms with Crippen LogP contribution in [-0.2, 0) is 4.74 Å². The van der Waals surface area contributed by atoms with Crippen molar-refractivity contribution in [2.75, 3.05) is 55.6 Å². The molecule has 3 rings (SSSR count). The molecule has 7 nitrogen and oxygen atoms in total. The van der Waals surface area contributed by atoms with E-state index in [2.05, 4.69) is 36.4 Å². The van der Waals surface area contributed by atoms with Gasteiger partial charge in [0, 0.05) is 31.7 Å². The summed E-state index contributed by atoms with van der Waals surface area (Å²) >= 11 is 3.54. The Kier molecular flexibility index (Phi) is 6.00. The van der Waals surface area contributed by atoms with E-state index in [1.807, 2.05) is 42.1 Å². The Morgan fingerprint density at radius 3 is 2.81 bits per heavy atom. The lowest BCUT2D eigenvalue weighted by atomic mass is 10.2. The van der Waals surface area contributed by atoms with E-state index in [0.29, 0.717) is 26.3 Å². The summed E-state index contributed by atoms with van der Waals surface area (Å²) in [4.78, 5) is 12.0.